The third-order valence-electron chi connectivity index (χ3n) is 2.67. The van der Waals surface area contributed by atoms with Gasteiger partial charge in [0.2, 0.25) is 0 Å². The third-order valence-corrected chi connectivity index (χ3v) is 3.60. The van der Waals surface area contributed by atoms with Crippen molar-refractivity contribution in [3.63, 3.8) is 0 Å². The van der Waals surface area contributed by atoms with Gasteiger partial charge in [-0.25, -0.2) is 8.42 Å². The van der Waals surface area contributed by atoms with E-state index in [4.69, 9.17) is 0 Å². The first kappa shape index (κ1) is 11.3. The monoisotopic (exact) mass is 240 g/mol. The molecule has 0 fully saturated rings. The van der Waals surface area contributed by atoms with Gasteiger partial charge in [-0.15, -0.1) is 0 Å². The van der Waals surface area contributed by atoms with Crippen molar-refractivity contribution < 1.29 is 8.42 Å². The van der Waals surface area contributed by atoms with Gasteiger partial charge in [-0.1, -0.05) is 12.1 Å². The Hall–Kier alpha value is -1.23. The Morgan fingerprint density at radius 2 is 2.12 bits per heavy atom. The van der Waals surface area contributed by atoms with Crippen molar-refractivity contribution in [1.29, 1.82) is 0 Å². The number of nitrogens with zero attached hydrogens (tertiary/aromatic N) is 1. The van der Waals surface area contributed by atoms with E-state index in [0.717, 1.165) is 24.5 Å². The van der Waals surface area contributed by atoms with Gasteiger partial charge in [-0.2, -0.15) is 0 Å². The van der Waals surface area contributed by atoms with Crippen LogP contribution in [0.3, 0.4) is 0 Å². The Morgan fingerprint density at radius 1 is 1.38 bits per heavy atom. The molecule has 0 unspecified atom stereocenters. The quantitative estimate of drug-likeness (QED) is 0.855. The molecule has 16 heavy (non-hydrogen) atoms. The van der Waals surface area contributed by atoms with Crippen molar-refractivity contribution in [2.45, 2.75) is 0 Å². The Balaban J connectivity index is 2.13. The number of nitrogens with one attached hydrogen (secondary N) is 1. The summed E-state index contributed by atoms with van der Waals surface area (Å²) in [6, 6.07) is 7.98. The second kappa shape index (κ2) is 4.33. The number of fused-ring (bicyclic) bond motifs is 1. The minimum atomic E-state index is -2.89. The van der Waals surface area contributed by atoms with Crippen LogP contribution in [0.5, 0.6) is 0 Å². The first-order valence-electron chi connectivity index (χ1n) is 5.32. The molecule has 0 saturated heterocycles. The van der Waals surface area contributed by atoms with Crippen LogP contribution in [0.25, 0.3) is 0 Å². The predicted octanol–water partition coefficient (Wildman–Crippen LogP) is 0.963. The molecule has 0 aromatic heterocycles. The zero-order valence-corrected chi connectivity index (χ0v) is 10.1. The molecule has 0 aliphatic carbocycles. The van der Waals surface area contributed by atoms with E-state index in [2.05, 4.69) is 10.2 Å². The highest BCUT2D eigenvalue weighted by Gasteiger charge is 2.16. The van der Waals surface area contributed by atoms with Crippen LogP contribution in [0.15, 0.2) is 24.3 Å². The van der Waals surface area contributed by atoms with Gasteiger partial charge >= 0.3 is 0 Å². The van der Waals surface area contributed by atoms with Gasteiger partial charge in [0.1, 0.15) is 9.84 Å². The molecule has 0 radical (unpaired) electrons. The summed E-state index contributed by atoms with van der Waals surface area (Å²) in [6.07, 6.45) is 1.28. The number of para-hydroxylation sites is 2. The van der Waals surface area contributed by atoms with Crippen molar-refractivity contribution >= 4 is 21.2 Å². The van der Waals surface area contributed by atoms with Gasteiger partial charge in [-0.05, 0) is 12.1 Å². The maximum absolute atomic E-state index is 11.1. The number of anilines is 2. The highest BCUT2D eigenvalue weighted by Crippen LogP contribution is 2.27. The Labute approximate surface area is 96.2 Å². The van der Waals surface area contributed by atoms with Crippen LogP contribution in [0.4, 0.5) is 11.4 Å². The lowest BCUT2D eigenvalue weighted by atomic mass is 10.2. The van der Waals surface area contributed by atoms with Crippen LogP contribution in [0.1, 0.15) is 0 Å². The summed E-state index contributed by atoms with van der Waals surface area (Å²) in [7, 11) is -2.89. The fourth-order valence-electron chi connectivity index (χ4n) is 1.85. The minimum Gasteiger partial charge on any atom is -0.382 e. The van der Waals surface area contributed by atoms with Gasteiger partial charge in [0, 0.05) is 25.9 Å². The first-order chi connectivity index (χ1) is 7.56. The summed E-state index contributed by atoms with van der Waals surface area (Å²) < 4.78 is 22.3. The smallest absolute Gasteiger partial charge is 0.149 e. The SMILES string of the molecule is CS(=O)(=O)CCN1CCNc2ccccc21. The highest BCUT2D eigenvalue weighted by molar-refractivity contribution is 7.90. The van der Waals surface area contributed by atoms with E-state index in [0.29, 0.717) is 6.54 Å². The average molecular weight is 240 g/mol. The lowest BCUT2D eigenvalue weighted by molar-refractivity contribution is 0.600. The zero-order valence-electron chi connectivity index (χ0n) is 9.31. The first-order valence-corrected chi connectivity index (χ1v) is 7.38. The Bertz CT molecular complexity index is 471. The van der Waals surface area contributed by atoms with Gasteiger partial charge < -0.3 is 10.2 Å². The number of hydrogen-bond acceptors (Lipinski definition) is 4. The molecule has 0 atom stereocenters. The van der Waals surface area contributed by atoms with Gasteiger partial charge in [0.15, 0.2) is 0 Å². The van der Waals surface area contributed by atoms with Crippen molar-refractivity contribution in [3.05, 3.63) is 24.3 Å². The topological polar surface area (TPSA) is 49.4 Å². The van der Waals surface area contributed by atoms with Crippen molar-refractivity contribution in [1.82, 2.24) is 0 Å². The second-order valence-corrected chi connectivity index (χ2v) is 6.32. The van der Waals surface area contributed by atoms with E-state index in [-0.39, 0.29) is 5.75 Å². The van der Waals surface area contributed by atoms with E-state index in [1.165, 1.54) is 6.26 Å². The molecule has 1 aliphatic heterocycles. The molecular weight excluding hydrogens is 224 g/mol. The third kappa shape index (κ3) is 2.66. The molecule has 88 valence electrons. The second-order valence-electron chi connectivity index (χ2n) is 4.06. The zero-order chi connectivity index (χ0) is 11.6. The van der Waals surface area contributed by atoms with E-state index in [9.17, 15) is 8.42 Å². The van der Waals surface area contributed by atoms with E-state index in [1.54, 1.807) is 0 Å². The van der Waals surface area contributed by atoms with Crippen LogP contribution in [0.2, 0.25) is 0 Å². The molecule has 1 N–H and O–H groups in total. The summed E-state index contributed by atoms with van der Waals surface area (Å²) in [4.78, 5) is 2.12. The molecule has 0 bridgehead atoms. The Kier molecular flexibility index (Phi) is 3.05. The number of benzene rings is 1. The van der Waals surface area contributed by atoms with E-state index < -0.39 is 9.84 Å². The molecule has 0 amide bonds. The molecule has 1 aromatic carbocycles. The fraction of sp³-hybridized carbons (Fsp3) is 0.455. The highest BCUT2D eigenvalue weighted by atomic mass is 32.2. The molecule has 1 heterocycles. The van der Waals surface area contributed by atoms with Gasteiger partial charge in [0.25, 0.3) is 0 Å². The predicted molar refractivity (Wildman–Crippen MR) is 66.9 cm³/mol. The van der Waals surface area contributed by atoms with Crippen LogP contribution < -0.4 is 10.2 Å². The summed E-state index contributed by atoms with van der Waals surface area (Å²) in [5, 5.41) is 3.30. The van der Waals surface area contributed by atoms with Crippen molar-refractivity contribution in [2.24, 2.45) is 0 Å². The van der Waals surface area contributed by atoms with Crippen LogP contribution in [-0.4, -0.2) is 40.1 Å². The molecule has 1 aliphatic rings. The van der Waals surface area contributed by atoms with E-state index in [1.807, 2.05) is 24.3 Å². The number of sulfone groups is 1. The molecule has 4 nitrogen and oxygen atoms in total. The lowest BCUT2D eigenvalue weighted by Crippen LogP contribution is -2.37. The summed E-state index contributed by atoms with van der Waals surface area (Å²) in [5.74, 6) is 0.210. The maximum atomic E-state index is 11.1. The van der Waals surface area contributed by atoms with Crippen molar-refractivity contribution in [3.8, 4) is 0 Å². The fourth-order valence-corrected chi connectivity index (χ4v) is 2.41. The summed E-state index contributed by atoms with van der Waals surface area (Å²) in [5.41, 5.74) is 2.18. The van der Waals surface area contributed by atoms with Crippen LogP contribution in [0, 0.1) is 0 Å². The molecule has 0 saturated carbocycles. The molecule has 0 spiro atoms. The van der Waals surface area contributed by atoms with Gasteiger partial charge in [-0.3, -0.25) is 0 Å². The molecule has 1 aromatic rings. The molecular formula is C11H16N2O2S. The van der Waals surface area contributed by atoms with Crippen molar-refractivity contribution in [2.75, 3.05) is 41.9 Å². The average Bonchev–Trinajstić information content (AvgIpc) is 2.25. The maximum Gasteiger partial charge on any atom is 0.149 e. The van der Waals surface area contributed by atoms with Gasteiger partial charge in [0.05, 0.1) is 17.1 Å². The normalized spacial score (nSPS) is 15.4. The summed E-state index contributed by atoms with van der Waals surface area (Å²) >= 11 is 0. The standard InChI is InChI=1S/C11H16N2O2S/c1-16(14,15)9-8-13-7-6-12-10-4-2-3-5-11(10)13/h2-5,12H,6-9H2,1H3. The largest absolute Gasteiger partial charge is 0.382 e. The Morgan fingerprint density at radius 3 is 2.88 bits per heavy atom. The van der Waals surface area contributed by atoms with Crippen LogP contribution >= 0.6 is 0 Å². The van der Waals surface area contributed by atoms with Crippen LogP contribution in [-0.2, 0) is 9.84 Å². The number of rotatable bonds is 3. The minimum absolute atomic E-state index is 0.210. The lowest BCUT2D eigenvalue weighted by Gasteiger charge is -2.31. The molecule has 5 heteroatoms. The number of hydrogen-bond donors (Lipinski definition) is 1. The van der Waals surface area contributed by atoms with E-state index >= 15 is 0 Å². The summed E-state index contributed by atoms with van der Waals surface area (Å²) in [6.45, 7) is 2.28. The molecule has 2 rings (SSSR count).